The molecular formula is C7H11ClN2. The van der Waals surface area contributed by atoms with Crippen molar-refractivity contribution in [1.82, 2.24) is 0 Å². The van der Waals surface area contributed by atoms with Crippen LogP contribution in [-0.4, -0.2) is 17.9 Å². The van der Waals surface area contributed by atoms with Gasteiger partial charge in [-0.25, -0.2) is 9.48 Å². The van der Waals surface area contributed by atoms with Crippen LogP contribution in [0.1, 0.15) is 6.92 Å². The van der Waals surface area contributed by atoms with Gasteiger partial charge in [0, 0.05) is 0 Å². The van der Waals surface area contributed by atoms with Crippen molar-refractivity contribution in [2.24, 2.45) is 4.99 Å². The Morgan fingerprint density at radius 1 is 1.50 bits per heavy atom. The summed E-state index contributed by atoms with van der Waals surface area (Å²) < 4.78 is 0.691. The van der Waals surface area contributed by atoms with Crippen molar-refractivity contribution in [3.05, 3.63) is 24.7 Å². The first-order valence-electron chi connectivity index (χ1n) is 2.98. The molecule has 0 aromatic carbocycles. The molecule has 0 saturated carbocycles. The Morgan fingerprint density at radius 2 is 2.20 bits per heavy atom. The summed E-state index contributed by atoms with van der Waals surface area (Å²) >= 11 is 0. The fraction of sp³-hybridized carbons (Fsp3) is 0.286. The summed E-state index contributed by atoms with van der Waals surface area (Å²) in [6.07, 6.45) is 9.77. The average Bonchev–Trinajstić information content (AvgIpc) is 2.16. The molecule has 1 heterocycles. The maximum Gasteiger partial charge on any atom is 0.199 e. The Balaban J connectivity index is 0.000000810. The fourth-order valence-electron chi connectivity index (χ4n) is 0.812. The number of nitrogens with zero attached hydrogens (tertiary/aromatic N) is 2. The van der Waals surface area contributed by atoms with Gasteiger partial charge in [-0.05, 0) is 13.0 Å². The summed E-state index contributed by atoms with van der Waals surface area (Å²) in [5, 5.41) is 0. The maximum absolute atomic E-state index is 3.97. The molecule has 1 rings (SSSR count). The summed E-state index contributed by atoms with van der Waals surface area (Å²) in [7, 11) is 2.06. The average molecular weight is 159 g/mol. The van der Waals surface area contributed by atoms with Crippen LogP contribution in [0.15, 0.2) is 29.7 Å². The van der Waals surface area contributed by atoms with Crippen LogP contribution >= 0.6 is 0 Å². The van der Waals surface area contributed by atoms with Crippen LogP contribution in [0.5, 0.6) is 0 Å². The van der Waals surface area contributed by atoms with Crippen molar-refractivity contribution >= 4 is 6.34 Å². The largest absolute Gasteiger partial charge is 1.00 e. The zero-order chi connectivity index (χ0) is 6.74. The first-order valence-corrected chi connectivity index (χ1v) is 2.98. The lowest BCUT2D eigenvalue weighted by atomic mass is 10.5. The third-order valence-corrected chi connectivity index (χ3v) is 1.26. The minimum absolute atomic E-state index is 0. The summed E-state index contributed by atoms with van der Waals surface area (Å²) in [5.74, 6) is 0. The molecule has 0 fully saturated rings. The standard InChI is InChI=1S/C7H11N2.ClH/c1-3-5-9(2)6-4-8-7-9;/h3-7H,1-2H3;1H/q+1;/p-1. The van der Waals surface area contributed by atoms with Crippen LogP contribution in [0.4, 0.5) is 0 Å². The van der Waals surface area contributed by atoms with Crippen LogP contribution in [0.25, 0.3) is 0 Å². The van der Waals surface area contributed by atoms with Crippen molar-refractivity contribution in [2.75, 3.05) is 7.05 Å². The van der Waals surface area contributed by atoms with Gasteiger partial charge >= 0.3 is 0 Å². The first-order chi connectivity index (χ1) is 4.27. The number of halogens is 1. The molecule has 56 valence electrons. The van der Waals surface area contributed by atoms with E-state index in [2.05, 4.69) is 18.2 Å². The number of aliphatic imine (C=N–C) groups is 1. The van der Waals surface area contributed by atoms with Crippen molar-refractivity contribution in [1.29, 1.82) is 0 Å². The molecule has 0 aliphatic carbocycles. The topological polar surface area (TPSA) is 12.4 Å². The van der Waals surface area contributed by atoms with Crippen LogP contribution in [0, 0.1) is 0 Å². The van der Waals surface area contributed by atoms with Crippen LogP contribution < -0.4 is 12.4 Å². The lowest BCUT2D eigenvalue weighted by Gasteiger charge is -2.13. The SMILES string of the molecule is CC=C[N+]1(C)C=CN=C1.[Cl-]. The van der Waals surface area contributed by atoms with E-state index in [1.54, 1.807) is 6.20 Å². The lowest BCUT2D eigenvalue weighted by molar-refractivity contribution is -0.696. The van der Waals surface area contributed by atoms with Gasteiger partial charge in [-0.15, -0.1) is 0 Å². The highest BCUT2D eigenvalue weighted by Crippen LogP contribution is 2.06. The smallest absolute Gasteiger partial charge is 0.199 e. The summed E-state index contributed by atoms with van der Waals surface area (Å²) in [6.45, 7) is 2.00. The van der Waals surface area contributed by atoms with E-state index < -0.39 is 0 Å². The van der Waals surface area contributed by atoms with Crippen molar-refractivity contribution in [3.63, 3.8) is 0 Å². The third kappa shape index (κ3) is 1.97. The second-order valence-electron chi connectivity index (χ2n) is 2.27. The molecule has 3 heteroatoms. The molecule has 1 aliphatic heterocycles. The van der Waals surface area contributed by atoms with E-state index in [0.717, 1.165) is 0 Å². The van der Waals surface area contributed by atoms with E-state index >= 15 is 0 Å². The second kappa shape index (κ2) is 3.54. The van der Waals surface area contributed by atoms with Crippen LogP contribution in [0.3, 0.4) is 0 Å². The molecule has 1 atom stereocenters. The minimum atomic E-state index is 0. The molecular weight excluding hydrogens is 148 g/mol. The quantitative estimate of drug-likeness (QED) is 0.412. The van der Waals surface area contributed by atoms with Crippen LogP contribution in [0.2, 0.25) is 0 Å². The van der Waals surface area contributed by atoms with E-state index in [1.807, 2.05) is 25.5 Å². The molecule has 1 unspecified atom stereocenters. The summed E-state index contributed by atoms with van der Waals surface area (Å²) in [5.41, 5.74) is 0. The van der Waals surface area contributed by atoms with Gasteiger partial charge in [0.15, 0.2) is 6.34 Å². The predicted octanol–water partition coefficient (Wildman–Crippen LogP) is -1.52. The van der Waals surface area contributed by atoms with Gasteiger partial charge in [-0.1, -0.05) is 0 Å². The van der Waals surface area contributed by atoms with Gasteiger partial charge in [-0.2, -0.15) is 0 Å². The molecule has 1 aliphatic rings. The number of allylic oxidation sites excluding steroid dienone is 1. The molecule has 0 spiro atoms. The van der Waals surface area contributed by atoms with Crippen LogP contribution in [-0.2, 0) is 0 Å². The summed E-state index contributed by atoms with van der Waals surface area (Å²) in [6, 6.07) is 0. The van der Waals surface area contributed by atoms with Crippen molar-refractivity contribution in [3.8, 4) is 0 Å². The van der Waals surface area contributed by atoms with Gasteiger partial charge in [0.25, 0.3) is 0 Å². The van der Waals surface area contributed by atoms with Crippen molar-refractivity contribution in [2.45, 2.75) is 6.92 Å². The van der Waals surface area contributed by atoms with Gasteiger partial charge in [-0.3, -0.25) is 0 Å². The fourth-order valence-corrected chi connectivity index (χ4v) is 0.812. The van der Waals surface area contributed by atoms with E-state index in [9.17, 15) is 0 Å². The molecule has 2 nitrogen and oxygen atoms in total. The number of quaternary nitrogens is 1. The van der Waals surface area contributed by atoms with E-state index in [0.29, 0.717) is 4.48 Å². The second-order valence-corrected chi connectivity index (χ2v) is 2.27. The van der Waals surface area contributed by atoms with Gasteiger partial charge in [0.2, 0.25) is 0 Å². The molecule has 0 N–H and O–H groups in total. The Bertz CT molecular complexity index is 170. The van der Waals surface area contributed by atoms with Gasteiger partial charge in [0.05, 0.1) is 13.2 Å². The zero-order valence-corrected chi connectivity index (χ0v) is 6.92. The number of rotatable bonds is 1. The Hall–Kier alpha value is -0.600. The molecule has 0 saturated heterocycles. The third-order valence-electron chi connectivity index (χ3n) is 1.26. The molecule has 0 radical (unpaired) electrons. The van der Waals surface area contributed by atoms with Gasteiger partial charge < -0.3 is 12.4 Å². The monoisotopic (exact) mass is 158 g/mol. The Morgan fingerprint density at radius 3 is 2.60 bits per heavy atom. The molecule has 0 amide bonds. The number of hydrogen-bond donors (Lipinski definition) is 0. The first kappa shape index (κ1) is 9.40. The maximum atomic E-state index is 3.97. The lowest BCUT2D eigenvalue weighted by Crippen LogP contribution is -3.00. The predicted molar refractivity (Wildman–Crippen MR) is 38.6 cm³/mol. The minimum Gasteiger partial charge on any atom is -1.00 e. The Kier molecular flexibility index (Phi) is 3.33. The number of hydrogen-bond acceptors (Lipinski definition) is 1. The molecule has 0 aromatic rings. The summed E-state index contributed by atoms with van der Waals surface area (Å²) in [4.78, 5) is 3.97. The van der Waals surface area contributed by atoms with Crippen molar-refractivity contribution < 1.29 is 16.9 Å². The highest BCUT2D eigenvalue weighted by molar-refractivity contribution is 5.51. The van der Waals surface area contributed by atoms with Gasteiger partial charge in [0.1, 0.15) is 12.4 Å². The highest BCUT2D eigenvalue weighted by atomic mass is 35.5. The van der Waals surface area contributed by atoms with E-state index in [-0.39, 0.29) is 12.4 Å². The molecule has 10 heavy (non-hydrogen) atoms. The molecule has 0 aromatic heterocycles. The zero-order valence-electron chi connectivity index (χ0n) is 6.16. The van der Waals surface area contributed by atoms with E-state index in [4.69, 9.17) is 0 Å². The normalized spacial score (nSPS) is 29.4. The van der Waals surface area contributed by atoms with E-state index in [1.165, 1.54) is 0 Å². The highest BCUT2D eigenvalue weighted by Gasteiger charge is 2.13. The Labute approximate surface area is 67.6 Å². The molecule has 0 bridgehead atoms.